The van der Waals surface area contributed by atoms with Crippen LogP contribution >= 0.6 is 23.4 Å². The molecule has 1 N–H and O–H groups in total. The Hall–Kier alpha value is -2.58. The van der Waals surface area contributed by atoms with Gasteiger partial charge in [-0.3, -0.25) is 4.79 Å². The van der Waals surface area contributed by atoms with Crippen molar-refractivity contribution < 1.29 is 18.3 Å². The SMILES string of the molecule is Cc1ccc(F)cc1NC(=O)CSc1nnc(COc2ccc(Cl)cc2)o1. The normalized spacial score (nSPS) is 10.6. The van der Waals surface area contributed by atoms with Gasteiger partial charge in [-0.25, -0.2) is 4.39 Å². The van der Waals surface area contributed by atoms with E-state index >= 15 is 0 Å². The lowest BCUT2D eigenvalue weighted by Crippen LogP contribution is -2.15. The molecule has 1 amide bonds. The van der Waals surface area contributed by atoms with Crippen molar-refractivity contribution in [3.05, 3.63) is 64.8 Å². The molecular weight excluding hydrogens is 393 g/mol. The largest absolute Gasteiger partial charge is 0.484 e. The Balaban J connectivity index is 1.48. The van der Waals surface area contributed by atoms with Gasteiger partial charge in [0.1, 0.15) is 11.6 Å². The van der Waals surface area contributed by atoms with E-state index in [1.54, 1.807) is 37.3 Å². The highest BCUT2D eigenvalue weighted by molar-refractivity contribution is 7.99. The summed E-state index contributed by atoms with van der Waals surface area (Å²) in [6, 6.07) is 11.1. The lowest BCUT2D eigenvalue weighted by Gasteiger charge is -2.07. The summed E-state index contributed by atoms with van der Waals surface area (Å²) in [4.78, 5) is 12.0. The minimum Gasteiger partial charge on any atom is -0.484 e. The van der Waals surface area contributed by atoms with Crippen LogP contribution in [0.5, 0.6) is 5.75 Å². The predicted octanol–water partition coefficient (Wildman–Crippen LogP) is 4.48. The van der Waals surface area contributed by atoms with E-state index in [1.165, 1.54) is 12.1 Å². The molecule has 3 aromatic rings. The second-order valence-electron chi connectivity index (χ2n) is 5.50. The molecule has 0 aliphatic heterocycles. The fourth-order valence-electron chi connectivity index (χ4n) is 2.07. The molecule has 0 spiro atoms. The minimum atomic E-state index is -0.411. The molecular formula is C18H15ClFN3O3S. The van der Waals surface area contributed by atoms with Gasteiger partial charge >= 0.3 is 0 Å². The molecule has 0 bridgehead atoms. The summed E-state index contributed by atoms with van der Waals surface area (Å²) >= 11 is 6.89. The number of nitrogens with one attached hydrogen (secondary N) is 1. The van der Waals surface area contributed by atoms with Crippen LogP contribution in [0.3, 0.4) is 0 Å². The third-order valence-corrected chi connectivity index (χ3v) is 4.50. The molecule has 1 heterocycles. The standard InChI is InChI=1S/C18H15ClFN3O3S/c1-11-2-5-13(20)8-15(11)21-16(24)10-27-18-23-22-17(26-18)9-25-14-6-3-12(19)4-7-14/h2-8H,9-10H2,1H3,(H,21,24). The number of carbonyl (C=O) groups excluding carboxylic acids is 1. The number of ether oxygens (including phenoxy) is 1. The van der Waals surface area contributed by atoms with Crippen molar-refractivity contribution in [1.29, 1.82) is 0 Å². The van der Waals surface area contributed by atoms with Gasteiger partial charge in [0.25, 0.3) is 11.1 Å². The number of aryl methyl sites for hydroxylation is 1. The van der Waals surface area contributed by atoms with Crippen LogP contribution < -0.4 is 10.1 Å². The first-order chi connectivity index (χ1) is 13.0. The second kappa shape index (κ2) is 8.88. The van der Waals surface area contributed by atoms with E-state index < -0.39 is 5.82 Å². The van der Waals surface area contributed by atoms with Crippen molar-refractivity contribution in [3.63, 3.8) is 0 Å². The maximum Gasteiger partial charge on any atom is 0.277 e. The summed E-state index contributed by atoms with van der Waals surface area (Å²) in [5.74, 6) is 0.248. The van der Waals surface area contributed by atoms with E-state index in [2.05, 4.69) is 15.5 Å². The zero-order chi connectivity index (χ0) is 19.2. The molecule has 0 fully saturated rings. The number of benzene rings is 2. The maximum absolute atomic E-state index is 13.3. The van der Waals surface area contributed by atoms with Gasteiger partial charge < -0.3 is 14.5 Å². The molecule has 6 nitrogen and oxygen atoms in total. The molecule has 0 unspecified atom stereocenters. The molecule has 3 rings (SSSR count). The molecule has 0 aliphatic rings. The van der Waals surface area contributed by atoms with Crippen molar-refractivity contribution >= 4 is 35.0 Å². The van der Waals surface area contributed by atoms with Crippen molar-refractivity contribution in [2.75, 3.05) is 11.1 Å². The van der Waals surface area contributed by atoms with Crippen LogP contribution in [-0.4, -0.2) is 21.9 Å². The van der Waals surface area contributed by atoms with Crippen LogP contribution in [-0.2, 0) is 11.4 Å². The average molecular weight is 408 g/mol. The first-order valence-electron chi connectivity index (χ1n) is 7.89. The van der Waals surface area contributed by atoms with E-state index in [-0.39, 0.29) is 29.4 Å². The number of aromatic nitrogens is 2. The quantitative estimate of drug-likeness (QED) is 0.582. The third kappa shape index (κ3) is 5.70. The van der Waals surface area contributed by atoms with Gasteiger partial charge in [0.2, 0.25) is 5.91 Å². The number of nitrogens with zero attached hydrogens (tertiary/aromatic N) is 2. The smallest absolute Gasteiger partial charge is 0.277 e. The topological polar surface area (TPSA) is 77.2 Å². The van der Waals surface area contributed by atoms with Crippen LogP contribution in [0.1, 0.15) is 11.5 Å². The summed E-state index contributed by atoms with van der Waals surface area (Å²) in [6.45, 7) is 1.89. The van der Waals surface area contributed by atoms with Crippen LogP contribution in [0.4, 0.5) is 10.1 Å². The van der Waals surface area contributed by atoms with E-state index in [4.69, 9.17) is 20.8 Å². The molecule has 27 heavy (non-hydrogen) atoms. The molecule has 0 radical (unpaired) electrons. The van der Waals surface area contributed by atoms with Gasteiger partial charge in [0, 0.05) is 10.7 Å². The minimum absolute atomic E-state index is 0.0512. The Kier molecular flexibility index (Phi) is 6.31. The molecule has 140 valence electrons. The van der Waals surface area contributed by atoms with E-state index in [1.807, 2.05) is 0 Å². The highest BCUT2D eigenvalue weighted by Crippen LogP contribution is 2.20. The lowest BCUT2D eigenvalue weighted by molar-refractivity contribution is -0.113. The van der Waals surface area contributed by atoms with Gasteiger partial charge in [-0.1, -0.05) is 29.4 Å². The zero-order valence-electron chi connectivity index (χ0n) is 14.2. The number of anilines is 1. The van der Waals surface area contributed by atoms with Crippen LogP contribution in [0.15, 0.2) is 52.1 Å². The number of halogens is 2. The number of amides is 1. The third-order valence-electron chi connectivity index (χ3n) is 3.42. The Morgan fingerprint density at radius 1 is 1.26 bits per heavy atom. The number of hydrogen-bond acceptors (Lipinski definition) is 6. The summed E-state index contributed by atoms with van der Waals surface area (Å²) < 4.78 is 24.2. The molecule has 2 aromatic carbocycles. The fourth-order valence-corrected chi connectivity index (χ4v) is 2.78. The Morgan fingerprint density at radius 3 is 2.81 bits per heavy atom. The highest BCUT2D eigenvalue weighted by atomic mass is 35.5. The Morgan fingerprint density at radius 2 is 2.04 bits per heavy atom. The van der Waals surface area contributed by atoms with E-state index in [0.29, 0.717) is 16.5 Å². The first-order valence-corrected chi connectivity index (χ1v) is 9.25. The summed E-state index contributed by atoms with van der Waals surface area (Å²) in [7, 11) is 0. The van der Waals surface area contributed by atoms with Crippen molar-refractivity contribution in [2.45, 2.75) is 18.8 Å². The lowest BCUT2D eigenvalue weighted by atomic mass is 10.2. The molecule has 0 saturated heterocycles. The molecule has 0 saturated carbocycles. The van der Waals surface area contributed by atoms with Crippen LogP contribution in [0.2, 0.25) is 5.02 Å². The second-order valence-corrected chi connectivity index (χ2v) is 6.86. The summed E-state index contributed by atoms with van der Waals surface area (Å²) in [5.41, 5.74) is 1.21. The summed E-state index contributed by atoms with van der Waals surface area (Å²) in [5, 5.41) is 11.2. The number of thioether (sulfide) groups is 1. The van der Waals surface area contributed by atoms with Gasteiger partial charge in [-0.05, 0) is 48.9 Å². The maximum atomic E-state index is 13.3. The zero-order valence-corrected chi connectivity index (χ0v) is 15.8. The highest BCUT2D eigenvalue weighted by Gasteiger charge is 2.11. The van der Waals surface area contributed by atoms with E-state index in [9.17, 15) is 9.18 Å². The Bertz CT molecular complexity index is 934. The first kappa shape index (κ1) is 19.2. The van der Waals surface area contributed by atoms with Gasteiger partial charge in [-0.15, -0.1) is 10.2 Å². The van der Waals surface area contributed by atoms with Gasteiger partial charge in [0.15, 0.2) is 6.61 Å². The molecule has 9 heteroatoms. The Labute approximate surface area is 164 Å². The van der Waals surface area contributed by atoms with Crippen molar-refractivity contribution in [2.24, 2.45) is 0 Å². The van der Waals surface area contributed by atoms with Gasteiger partial charge in [-0.2, -0.15) is 0 Å². The number of hydrogen-bond donors (Lipinski definition) is 1. The predicted molar refractivity (Wildman–Crippen MR) is 101 cm³/mol. The van der Waals surface area contributed by atoms with Crippen LogP contribution in [0, 0.1) is 12.7 Å². The van der Waals surface area contributed by atoms with Crippen molar-refractivity contribution in [3.8, 4) is 5.75 Å². The average Bonchev–Trinajstić information content (AvgIpc) is 3.10. The fraction of sp³-hybridized carbons (Fsp3) is 0.167. The van der Waals surface area contributed by atoms with E-state index in [0.717, 1.165) is 17.3 Å². The molecule has 0 atom stereocenters. The van der Waals surface area contributed by atoms with Gasteiger partial charge in [0.05, 0.1) is 5.75 Å². The number of carbonyl (C=O) groups is 1. The monoisotopic (exact) mass is 407 g/mol. The number of rotatable bonds is 7. The van der Waals surface area contributed by atoms with Crippen LogP contribution in [0.25, 0.3) is 0 Å². The summed E-state index contributed by atoms with van der Waals surface area (Å²) in [6.07, 6.45) is 0. The molecule has 1 aromatic heterocycles. The van der Waals surface area contributed by atoms with Crippen molar-refractivity contribution in [1.82, 2.24) is 10.2 Å². The molecule has 0 aliphatic carbocycles.